The van der Waals surface area contributed by atoms with Gasteiger partial charge in [0.15, 0.2) is 5.96 Å². The first-order valence-corrected chi connectivity index (χ1v) is 9.70. The molecule has 2 aliphatic rings. The summed E-state index contributed by atoms with van der Waals surface area (Å²) in [4.78, 5) is 4.27. The summed E-state index contributed by atoms with van der Waals surface area (Å²) in [5.74, 6) is 2.48. The molecule has 0 amide bonds. The molecule has 1 fully saturated rings. The number of aliphatic imine (C=N–C) groups is 1. The molecule has 1 aromatic carbocycles. The van der Waals surface area contributed by atoms with Gasteiger partial charge in [0.1, 0.15) is 5.75 Å². The second kappa shape index (κ2) is 10.4. The van der Waals surface area contributed by atoms with Crippen molar-refractivity contribution >= 4 is 5.96 Å². The fraction of sp³-hybridized carbons (Fsp3) is 0.650. The zero-order valence-electron chi connectivity index (χ0n) is 15.8. The Labute approximate surface area is 156 Å². The van der Waals surface area contributed by atoms with Gasteiger partial charge in [-0.2, -0.15) is 0 Å². The molecule has 26 heavy (non-hydrogen) atoms. The van der Waals surface area contributed by atoms with Gasteiger partial charge in [0, 0.05) is 45.7 Å². The monoisotopic (exact) mass is 361 g/mol. The Kier molecular flexibility index (Phi) is 7.58. The highest BCUT2D eigenvalue weighted by atomic mass is 16.5. The van der Waals surface area contributed by atoms with Crippen LogP contribution in [0.2, 0.25) is 0 Å². The summed E-state index contributed by atoms with van der Waals surface area (Å²) in [6, 6.07) is 6.49. The molecule has 1 unspecified atom stereocenters. The van der Waals surface area contributed by atoms with E-state index in [1.807, 2.05) is 0 Å². The van der Waals surface area contributed by atoms with E-state index in [4.69, 9.17) is 14.2 Å². The van der Waals surface area contributed by atoms with Crippen molar-refractivity contribution < 1.29 is 14.2 Å². The molecule has 6 nitrogen and oxygen atoms in total. The summed E-state index contributed by atoms with van der Waals surface area (Å²) in [5, 5.41) is 6.71. The quantitative estimate of drug-likeness (QED) is 0.399. The summed E-state index contributed by atoms with van der Waals surface area (Å²) >= 11 is 0. The van der Waals surface area contributed by atoms with Crippen molar-refractivity contribution in [2.24, 2.45) is 10.9 Å². The van der Waals surface area contributed by atoms with Crippen LogP contribution in [0.4, 0.5) is 0 Å². The van der Waals surface area contributed by atoms with Gasteiger partial charge in [0.05, 0.1) is 19.8 Å². The van der Waals surface area contributed by atoms with Crippen LogP contribution in [0.3, 0.4) is 0 Å². The lowest BCUT2D eigenvalue weighted by atomic mass is 10.1. The lowest BCUT2D eigenvalue weighted by Crippen LogP contribution is -2.39. The van der Waals surface area contributed by atoms with Gasteiger partial charge in [-0.1, -0.05) is 12.1 Å². The molecule has 1 aromatic rings. The minimum atomic E-state index is 0.586. The molecule has 2 N–H and O–H groups in total. The van der Waals surface area contributed by atoms with Crippen LogP contribution < -0.4 is 15.4 Å². The molecule has 6 heteroatoms. The standard InChI is InChI=1S/C20H31N3O3/c1-21-20(22-8-2-10-24-14-17-6-11-25-15-17)23-9-5-16-3-4-19-18(13-16)7-12-26-19/h3-4,13,17H,2,5-12,14-15H2,1H3,(H2,21,22,23). The molecule has 0 aromatic heterocycles. The first kappa shape index (κ1) is 19.0. The van der Waals surface area contributed by atoms with Crippen LogP contribution in [0.15, 0.2) is 23.2 Å². The van der Waals surface area contributed by atoms with Gasteiger partial charge in [0.25, 0.3) is 0 Å². The number of ether oxygens (including phenoxy) is 3. The highest BCUT2D eigenvalue weighted by Crippen LogP contribution is 2.25. The number of hydrogen-bond acceptors (Lipinski definition) is 4. The fourth-order valence-electron chi connectivity index (χ4n) is 3.29. The number of fused-ring (bicyclic) bond motifs is 1. The minimum Gasteiger partial charge on any atom is -0.493 e. The summed E-state index contributed by atoms with van der Waals surface area (Å²) in [6.07, 6.45) is 4.10. The zero-order chi connectivity index (χ0) is 18.0. The summed E-state index contributed by atoms with van der Waals surface area (Å²) in [6.45, 7) is 5.86. The fourth-order valence-corrected chi connectivity index (χ4v) is 3.29. The van der Waals surface area contributed by atoms with Crippen molar-refractivity contribution in [2.75, 3.05) is 53.2 Å². The zero-order valence-corrected chi connectivity index (χ0v) is 15.8. The van der Waals surface area contributed by atoms with Crippen molar-refractivity contribution in [1.82, 2.24) is 10.6 Å². The highest BCUT2D eigenvalue weighted by molar-refractivity contribution is 5.79. The van der Waals surface area contributed by atoms with E-state index in [2.05, 4.69) is 33.8 Å². The third-order valence-electron chi connectivity index (χ3n) is 4.82. The largest absolute Gasteiger partial charge is 0.493 e. The molecule has 0 aliphatic carbocycles. The van der Waals surface area contributed by atoms with E-state index in [-0.39, 0.29) is 0 Å². The van der Waals surface area contributed by atoms with Gasteiger partial charge in [-0.3, -0.25) is 4.99 Å². The number of benzene rings is 1. The number of hydrogen-bond donors (Lipinski definition) is 2. The number of rotatable bonds is 9. The van der Waals surface area contributed by atoms with Gasteiger partial charge in [-0.15, -0.1) is 0 Å². The molecule has 2 heterocycles. The molecule has 0 saturated carbocycles. The molecule has 2 aliphatic heterocycles. The van der Waals surface area contributed by atoms with Crippen LogP contribution in [0.5, 0.6) is 5.75 Å². The summed E-state index contributed by atoms with van der Waals surface area (Å²) in [5.41, 5.74) is 2.66. The third kappa shape index (κ3) is 5.88. The van der Waals surface area contributed by atoms with Crippen LogP contribution >= 0.6 is 0 Å². The van der Waals surface area contributed by atoms with E-state index in [0.29, 0.717) is 5.92 Å². The van der Waals surface area contributed by atoms with Gasteiger partial charge >= 0.3 is 0 Å². The number of guanidine groups is 1. The smallest absolute Gasteiger partial charge is 0.190 e. The predicted octanol–water partition coefficient (Wildman–Crippen LogP) is 1.77. The van der Waals surface area contributed by atoms with E-state index in [1.54, 1.807) is 7.05 Å². The number of nitrogens with zero attached hydrogens (tertiary/aromatic N) is 1. The van der Waals surface area contributed by atoms with Gasteiger partial charge in [-0.05, 0) is 36.5 Å². The van der Waals surface area contributed by atoms with Crippen LogP contribution in [0.1, 0.15) is 24.0 Å². The molecule has 1 saturated heterocycles. The molecule has 1 atom stereocenters. The van der Waals surface area contributed by atoms with E-state index < -0.39 is 0 Å². The van der Waals surface area contributed by atoms with Crippen molar-refractivity contribution in [3.05, 3.63) is 29.3 Å². The molecule has 0 spiro atoms. The second-order valence-electron chi connectivity index (χ2n) is 6.87. The third-order valence-corrected chi connectivity index (χ3v) is 4.82. The van der Waals surface area contributed by atoms with Crippen LogP contribution in [-0.4, -0.2) is 59.1 Å². The molecule has 0 bridgehead atoms. The Bertz CT molecular complexity index is 586. The average molecular weight is 361 g/mol. The summed E-state index contributed by atoms with van der Waals surface area (Å²) < 4.78 is 16.6. The minimum absolute atomic E-state index is 0.586. The molecular formula is C20H31N3O3. The Morgan fingerprint density at radius 2 is 2.19 bits per heavy atom. The Hall–Kier alpha value is -1.79. The van der Waals surface area contributed by atoms with E-state index in [0.717, 1.165) is 83.5 Å². The maximum atomic E-state index is 5.72. The molecule has 144 valence electrons. The van der Waals surface area contributed by atoms with Crippen LogP contribution in [0, 0.1) is 5.92 Å². The molecular weight excluding hydrogens is 330 g/mol. The van der Waals surface area contributed by atoms with Crippen molar-refractivity contribution in [3.8, 4) is 5.75 Å². The highest BCUT2D eigenvalue weighted by Gasteiger charge is 2.15. The lowest BCUT2D eigenvalue weighted by molar-refractivity contribution is 0.0888. The SMILES string of the molecule is CN=C(NCCCOCC1CCOC1)NCCc1ccc2c(c1)CCO2. The van der Waals surface area contributed by atoms with Crippen LogP contribution in [0.25, 0.3) is 0 Å². The first-order chi connectivity index (χ1) is 12.8. The van der Waals surface area contributed by atoms with Gasteiger partial charge in [0.2, 0.25) is 0 Å². The van der Waals surface area contributed by atoms with E-state index in [9.17, 15) is 0 Å². The predicted molar refractivity (Wildman–Crippen MR) is 103 cm³/mol. The Balaban J connectivity index is 1.25. The molecule has 3 rings (SSSR count). The van der Waals surface area contributed by atoms with Crippen LogP contribution in [-0.2, 0) is 22.3 Å². The number of nitrogens with one attached hydrogen (secondary N) is 2. The maximum Gasteiger partial charge on any atom is 0.190 e. The van der Waals surface area contributed by atoms with Gasteiger partial charge in [-0.25, -0.2) is 0 Å². The van der Waals surface area contributed by atoms with E-state index in [1.165, 1.54) is 11.1 Å². The first-order valence-electron chi connectivity index (χ1n) is 9.70. The molecule has 0 radical (unpaired) electrons. The normalized spacial score (nSPS) is 19.3. The van der Waals surface area contributed by atoms with E-state index >= 15 is 0 Å². The summed E-state index contributed by atoms with van der Waals surface area (Å²) in [7, 11) is 1.80. The Morgan fingerprint density at radius 1 is 1.27 bits per heavy atom. The maximum absolute atomic E-state index is 5.72. The van der Waals surface area contributed by atoms with Crippen molar-refractivity contribution in [1.29, 1.82) is 0 Å². The second-order valence-corrected chi connectivity index (χ2v) is 6.87. The topological polar surface area (TPSA) is 64.1 Å². The van der Waals surface area contributed by atoms with Crippen molar-refractivity contribution in [2.45, 2.75) is 25.7 Å². The van der Waals surface area contributed by atoms with Gasteiger partial charge < -0.3 is 24.8 Å². The Morgan fingerprint density at radius 3 is 3.04 bits per heavy atom. The lowest BCUT2D eigenvalue weighted by Gasteiger charge is -2.13. The van der Waals surface area contributed by atoms with Crippen molar-refractivity contribution in [3.63, 3.8) is 0 Å². The average Bonchev–Trinajstić information content (AvgIpc) is 3.34.